The first-order valence-corrected chi connectivity index (χ1v) is 11.2. The molecule has 3 N–H and O–H groups in total. The number of halogens is 3. The molecule has 2 aromatic rings. The van der Waals surface area contributed by atoms with Crippen LogP contribution in [0, 0.1) is 0 Å². The highest BCUT2D eigenvalue weighted by molar-refractivity contribution is 5.99. The van der Waals surface area contributed by atoms with Gasteiger partial charge in [0.15, 0.2) is 0 Å². The van der Waals surface area contributed by atoms with Gasteiger partial charge in [-0.1, -0.05) is 51.2 Å². The van der Waals surface area contributed by atoms with Crippen LogP contribution in [0.3, 0.4) is 0 Å². The Morgan fingerprint density at radius 2 is 1.59 bits per heavy atom. The Labute approximate surface area is 196 Å². The van der Waals surface area contributed by atoms with Crippen LogP contribution in [0.1, 0.15) is 68.3 Å². The predicted molar refractivity (Wildman–Crippen MR) is 122 cm³/mol. The highest BCUT2D eigenvalue weighted by Crippen LogP contribution is 2.32. The number of ether oxygens (including phenoxy) is 1. The molecular weight excluding hydrogens is 451 g/mol. The number of aromatic hydroxyl groups is 1. The molecule has 0 aromatic heterocycles. The van der Waals surface area contributed by atoms with E-state index in [-0.39, 0.29) is 17.0 Å². The van der Waals surface area contributed by atoms with Crippen molar-refractivity contribution in [2.24, 2.45) is 0 Å². The van der Waals surface area contributed by atoms with Crippen molar-refractivity contribution in [3.8, 4) is 11.5 Å². The summed E-state index contributed by atoms with van der Waals surface area (Å²) in [7, 11) is 0. The van der Waals surface area contributed by atoms with Crippen LogP contribution in [-0.4, -0.2) is 33.9 Å². The monoisotopic (exact) mass is 481 g/mol. The van der Waals surface area contributed by atoms with Gasteiger partial charge in [-0.25, -0.2) is 4.79 Å². The molecule has 0 aliphatic heterocycles. The van der Waals surface area contributed by atoms with Crippen molar-refractivity contribution >= 4 is 17.6 Å². The normalized spacial score (nSPS) is 13.2. The van der Waals surface area contributed by atoms with Crippen LogP contribution in [0.25, 0.3) is 0 Å². The molecule has 0 heterocycles. The van der Waals surface area contributed by atoms with Gasteiger partial charge in [0.2, 0.25) is 5.60 Å². The van der Waals surface area contributed by atoms with Gasteiger partial charge in [-0.15, -0.1) is 0 Å². The van der Waals surface area contributed by atoms with Gasteiger partial charge in [0.25, 0.3) is 5.91 Å². The summed E-state index contributed by atoms with van der Waals surface area (Å²) >= 11 is 0. The lowest BCUT2D eigenvalue weighted by molar-refractivity contribution is -0.242. The molecule has 0 bridgehead atoms. The van der Waals surface area contributed by atoms with Crippen LogP contribution in [0.4, 0.5) is 18.9 Å². The first-order chi connectivity index (χ1) is 16.0. The van der Waals surface area contributed by atoms with Gasteiger partial charge in [-0.3, -0.25) is 4.79 Å². The number of unbranched alkanes of at least 4 members (excludes halogenated alkanes) is 5. The van der Waals surface area contributed by atoms with E-state index < -0.39 is 29.4 Å². The number of carbonyl (C=O) groups is 2. The molecule has 186 valence electrons. The van der Waals surface area contributed by atoms with Gasteiger partial charge in [0.1, 0.15) is 17.1 Å². The third kappa shape index (κ3) is 7.48. The first kappa shape index (κ1) is 27.2. The van der Waals surface area contributed by atoms with E-state index >= 15 is 0 Å². The summed E-state index contributed by atoms with van der Waals surface area (Å²) in [6.07, 6.45) is 2.93. The number of phenols is 1. The lowest BCUT2D eigenvalue weighted by atomic mass is 10.0. The lowest BCUT2D eigenvalue weighted by Crippen LogP contribution is -2.52. The van der Waals surface area contributed by atoms with Crippen LogP contribution in [0.2, 0.25) is 0 Å². The predicted octanol–water partition coefficient (Wildman–Crippen LogP) is 5.77. The summed E-state index contributed by atoms with van der Waals surface area (Å²) in [5.41, 5.74) is -2.98. The highest BCUT2D eigenvalue weighted by atomic mass is 19.4. The number of benzene rings is 2. The Hall–Kier alpha value is -3.07. The molecule has 0 fully saturated rings. The maximum atomic E-state index is 12.8. The second-order valence-corrected chi connectivity index (χ2v) is 8.31. The van der Waals surface area contributed by atoms with Crippen molar-refractivity contribution < 1.29 is 37.7 Å². The molecular formula is C25H30F3NO5. The molecule has 0 aliphatic rings. The summed E-state index contributed by atoms with van der Waals surface area (Å²) in [4.78, 5) is 24.1. The summed E-state index contributed by atoms with van der Waals surface area (Å²) < 4.78 is 43.5. The zero-order valence-electron chi connectivity index (χ0n) is 19.2. The summed E-state index contributed by atoms with van der Waals surface area (Å²) in [5.74, 6) is -2.93. The van der Waals surface area contributed by atoms with Gasteiger partial charge >= 0.3 is 12.1 Å². The Morgan fingerprint density at radius 3 is 2.18 bits per heavy atom. The largest absolute Gasteiger partial charge is 0.507 e. The molecule has 1 unspecified atom stereocenters. The third-order valence-corrected chi connectivity index (χ3v) is 5.42. The SMILES string of the molecule is CCCCCCCCc1ccc(OC(=O)c2ccc(NC(=O)C(C)(O)C(F)(F)F)cc2O)cc1. The van der Waals surface area contributed by atoms with E-state index in [9.17, 15) is 33.0 Å². The van der Waals surface area contributed by atoms with E-state index in [1.807, 2.05) is 17.4 Å². The molecule has 1 atom stereocenters. The number of esters is 1. The van der Waals surface area contributed by atoms with Crippen molar-refractivity contribution in [1.82, 2.24) is 0 Å². The molecule has 1 amide bonds. The zero-order chi connectivity index (χ0) is 25.4. The number of aryl methyl sites for hydroxylation is 1. The van der Waals surface area contributed by atoms with Gasteiger partial charge in [-0.2, -0.15) is 13.2 Å². The van der Waals surface area contributed by atoms with Crippen LogP contribution in [0.5, 0.6) is 11.5 Å². The van der Waals surface area contributed by atoms with E-state index in [1.165, 1.54) is 32.1 Å². The number of hydrogen-bond donors (Lipinski definition) is 3. The minimum absolute atomic E-state index is 0.234. The smallest absolute Gasteiger partial charge is 0.426 e. The lowest BCUT2D eigenvalue weighted by Gasteiger charge is -2.24. The molecule has 0 spiro atoms. The van der Waals surface area contributed by atoms with Crippen LogP contribution in [0.15, 0.2) is 42.5 Å². The molecule has 0 radical (unpaired) electrons. The summed E-state index contributed by atoms with van der Waals surface area (Å²) in [6, 6.07) is 10.1. The minimum atomic E-state index is -5.19. The Balaban J connectivity index is 1.93. The Kier molecular flexibility index (Phi) is 9.49. The average molecular weight is 482 g/mol. The highest BCUT2D eigenvalue weighted by Gasteiger charge is 2.55. The number of carbonyl (C=O) groups excluding carboxylic acids is 2. The van der Waals surface area contributed by atoms with E-state index in [0.717, 1.165) is 36.6 Å². The van der Waals surface area contributed by atoms with E-state index in [2.05, 4.69) is 6.92 Å². The molecule has 0 saturated carbocycles. The maximum absolute atomic E-state index is 12.8. The Bertz CT molecular complexity index is 972. The molecule has 0 aliphatic carbocycles. The average Bonchev–Trinajstić information content (AvgIpc) is 2.76. The third-order valence-electron chi connectivity index (χ3n) is 5.42. The minimum Gasteiger partial charge on any atom is -0.507 e. The number of aliphatic hydroxyl groups is 1. The van der Waals surface area contributed by atoms with E-state index in [0.29, 0.717) is 6.92 Å². The van der Waals surface area contributed by atoms with Crippen LogP contribution < -0.4 is 10.1 Å². The molecule has 0 saturated heterocycles. The molecule has 6 nitrogen and oxygen atoms in total. The summed E-state index contributed by atoms with van der Waals surface area (Å²) in [6.45, 7) is 2.49. The van der Waals surface area contributed by atoms with Gasteiger partial charge in [0.05, 0.1) is 0 Å². The number of nitrogens with one attached hydrogen (secondary N) is 1. The van der Waals surface area contributed by atoms with E-state index in [4.69, 9.17) is 4.74 Å². The van der Waals surface area contributed by atoms with Crippen LogP contribution in [-0.2, 0) is 11.2 Å². The van der Waals surface area contributed by atoms with Gasteiger partial charge in [0, 0.05) is 11.8 Å². The Morgan fingerprint density at radius 1 is 0.971 bits per heavy atom. The number of alkyl halides is 3. The van der Waals surface area contributed by atoms with Crippen LogP contribution >= 0.6 is 0 Å². The van der Waals surface area contributed by atoms with Crippen molar-refractivity contribution in [2.75, 3.05) is 5.32 Å². The second kappa shape index (κ2) is 11.9. The van der Waals surface area contributed by atoms with E-state index in [1.54, 1.807) is 12.1 Å². The fraction of sp³-hybridized carbons (Fsp3) is 0.440. The van der Waals surface area contributed by atoms with Gasteiger partial charge < -0.3 is 20.3 Å². The fourth-order valence-electron chi connectivity index (χ4n) is 3.16. The maximum Gasteiger partial charge on any atom is 0.426 e. The number of hydrogen-bond acceptors (Lipinski definition) is 5. The second-order valence-electron chi connectivity index (χ2n) is 8.31. The van der Waals surface area contributed by atoms with Crippen molar-refractivity contribution in [1.29, 1.82) is 0 Å². The fourth-order valence-corrected chi connectivity index (χ4v) is 3.16. The first-order valence-electron chi connectivity index (χ1n) is 11.2. The van der Waals surface area contributed by atoms with Gasteiger partial charge in [-0.05, 0) is 49.6 Å². The quantitative estimate of drug-likeness (QED) is 0.215. The molecule has 9 heteroatoms. The number of rotatable bonds is 11. The standard InChI is InChI=1S/C25H30F3NO5/c1-3-4-5-6-7-8-9-17-10-13-19(14-11-17)34-22(31)20-15-12-18(16-21(20)30)29-23(32)24(2,33)25(26,27)28/h10-16,30,33H,3-9H2,1-2H3,(H,29,32). The zero-order valence-corrected chi connectivity index (χ0v) is 19.2. The van der Waals surface area contributed by atoms with Crippen molar-refractivity contribution in [3.63, 3.8) is 0 Å². The topological polar surface area (TPSA) is 95.9 Å². The number of phenolic OH excluding ortho intramolecular Hbond substituents is 1. The number of anilines is 1. The molecule has 2 aromatic carbocycles. The van der Waals surface area contributed by atoms with Crippen molar-refractivity contribution in [3.05, 3.63) is 53.6 Å². The summed E-state index contributed by atoms with van der Waals surface area (Å²) in [5, 5.41) is 21.4. The van der Waals surface area contributed by atoms with Crippen molar-refractivity contribution in [2.45, 2.75) is 70.6 Å². The number of amides is 1. The molecule has 34 heavy (non-hydrogen) atoms. The molecule has 2 rings (SSSR count).